The van der Waals surface area contributed by atoms with Crippen LogP contribution >= 0.6 is 0 Å². The van der Waals surface area contributed by atoms with Gasteiger partial charge in [0.05, 0.1) is 27.2 Å². The van der Waals surface area contributed by atoms with Crippen molar-refractivity contribution in [1.29, 1.82) is 0 Å². The molecule has 0 amide bonds. The van der Waals surface area contributed by atoms with Crippen molar-refractivity contribution in [3.05, 3.63) is 35.9 Å². The van der Waals surface area contributed by atoms with Gasteiger partial charge in [0.1, 0.15) is 5.78 Å². The van der Waals surface area contributed by atoms with Crippen LogP contribution in [-0.2, 0) is 58.9 Å². The van der Waals surface area contributed by atoms with Crippen LogP contribution in [-0.4, -0.2) is 83.8 Å². The summed E-state index contributed by atoms with van der Waals surface area (Å²) in [6, 6.07) is 2.18. The summed E-state index contributed by atoms with van der Waals surface area (Å²) in [7, 11) is -7.78. The summed E-state index contributed by atoms with van der Waals surface area (Å²) in [5, 5.41) is 8.95. The quantitative estimate of drug-likeness (QED) is 0.0471. The molecule has 1 unspecified atom stereocenters. The van der Waals surface area contributed by atoms with E-state index in [4.69, 9.17) is 0 Å². The SMILES string of the molecule is C=S(=O)(CCCCCCCCCCC(C)(C)C)C(C)(C)C.CC(C)(C)CC(=O)CCCCCCCCCCCS(=O)(=O)C(C)(C)C.CC(C)(C)CCCCCCCCCCC(C)(C)C.CC(C)(C)CCCCCCCn1cc(C(C)(C)C)cn1.CC(C)(C)CCCCCCCn1nccc1CC(C)(C)C.CC(C)(C)CCCCCCS(=O)(=O)C(C)(C)C. The molecule has 0 fully saturated rings. The Balaban J connectivity index is -0.000000688. The highest BCUT2D eigenvalue weighted by atomic mass is 32.2. The fourth-order valence-corrected chi connectivity index (χ4v) is 17.9. The van der Waals surface area contributed by atoms with Gasteiger partial charge in [-0.25, -0.2) is 16.8 Å². The summed E-state index contributed by atoms with van der Waals surface area (Å²) in [6.45, 7) is 80.7. The molecule has 2 heterocycles. The second-order valence-corrected chi connectivity index (χ2v) is 60.2. The first-order valence-corrected chi connectivity index (χ1v) is 55.9. The number of carbonyl (C=O) groups excluding carboxylic acids is 1. The average Bonchev–Trinajstić information content (AvgIpc) is 1.14. The minimum Gasteiger partial charge on any atom is -0.300 e. The number of Topliss-reactive ketones (excluding diaryl/α,β-unsaturated/α-hetero) is 1. The van der Waals surface area contributed by atoms with Crippen LogP contribution in [0.4, 0.5) is 0 Å². The van der Waals surface area contributed by atoms with E-state index in [1.807, 2.05) is 33.2 Å². The van der Waals surface area contributed by atoms with E-state index in [9.17, 15) is 25.8 Å². The molecule has 13 heteroatoms. The molecule has 0 saturated heterocycles. The lowest BCUT2D eigenvalue weighted by molar-refractivity contribution is -0.120. The minimum atomic E-state index is -2.95. The zero-order chi connectivity index (χ0) is 95.1. The van der Waals surface area contributed by atoms with Gasteiger partial charge in [-0.1, -0.05) is 399 Å². The third-order valence-electron chi connectivity index (χ3n) is 23.0. The van der Waals surface area contributed by atoms with Crippen LogP contribution in [0.3, 0.4) is 0 Å². The molecule has 2 aromatic rings. The first-order valence-electron chi connectivity index (χ1n) is 50.7. The molecule has 10 nitrogen and oxygen atoms in total. The zero-order valence-electron chi connectivity index (χ0n) is 89.5. The third-order valence-corrected chi connectivity index (χ3v) is 31.6. The lowest BCUT2D eigenvalue weighted by atomic mass is 9.88. The highest BCUT2D eigenvalue weighted by molar-refractivity contribution is 8.01. The highest BCUT2D eigenvalue weighted by Gasteiger charge is 2.30. The number of aryl methyl sites for hydroxylation is 2. The van der Waals surface area contributed by atoms with Gasteiger partial charge >= 0.3 is 0 Å². The van der Waals surface area contributed by atoms with Crippen molar-refractivity contribution in [3.8, 4) is 0 Å². The summed E-state index contributed by atoms with van der Waals surface area (Å²) in [4.78, 5) is 11.8. The van der Waals surface area contributed by atoms with Gasteiger partial charge in [-0.3, -0.25) is 18.4 Å². The van der Waals surface area contributed by atoms with Crippen molar-refractivity contribution >= 4 is 40.8 Å². The average molecular weight is 1780 g/mol. The molecule has 730 valence electrons. The number of unbranched alkanes of at least 4 members (excludes halogenated alkanes) is 33. The number of carbonyl (C=O) groups is 1. The molecule has 0 saturated carbocycles. The Morgan fingerprint density at radius 3 is 0.820 bits per heavy atom. The Hall–Kier alpha value is -1.99. The minimum absolute atomic E-state index is 0.114. The zero-order valence-corrected chi connectivity index (χ0v) is 91.9. The molecule has 0 aliphatic heterocycles. The molecule has 1 atom stereocenters. The number of rotatable bonds is 53. The Bertz CT molecular complexity index is 3150. The molecule has 0 aliphatic carbocycles. The number of sulfone groups is 2. The predicted octanol–water partition coefficient (Wildman–Crippen LogP) is 34.8. The fourth-order valence-electron chi connectivity index (χ4n) is 14.2. The van der Waals surface area contributed by atoms with E-state index in [0.717, 1.165) is 89.5 Å². The standard InChI is InChI=1S/C21H42O3S.C19H36N2.C19H40OS.C18H34N2.C18H38.C14H30O2S/c1-20(2,3)18-19(22)16-14-12-10-8-7-9-11-13-15-17-25(23,24)21(4,5)6;1-18(2,3)13-10-8-7-9-11-15-21-17(12-14-20-21)16-19(4,5)6;1-18(2,3)16-14-12-10-8-9-11-13-15-17-21(7,20)19(4,5)6;1-17(2,3)12-10-8-7-9-11-13-20-15-16(14-19-20)18(4,5)6;1-17(2,3)15-13-11-9-7-8-10-12-14-16-18(4,5)6;1-13(2,3)11-9-7-8-10-12-17(15,16)14(4,5)6/h7-18H2,1-6H3;12,14H,7-11,13,15-16H2,1-6H3;7-17H2,1-6H3;14-15H,7-13H2,1-6H3;7-16H2,1-6H3;7-12H2,1-6H3. The molecular formula is C109H220N4O6S3. The van der Waals surface area contributed by atoms with Crippen LogP contribution in [0.25, 0.3) is 0 Å². The fraction of sp³-hybridized carbons (Fsp3) is 0.927. The molecule has 0 aromatic carbocycles. The van der Waals surface area contributed by atoms with Crippen LogP contribution < -0.4 is 0 Å². The van der Waals surface area contributed by atoms with Gasteiger partial charge in [0, 0.05) is 54.5 Å². The van der Waals surface area contributed by atoms with E-state index >= 15 is 0 Å². The van der Waals surface area contributed by atoms with E-state index in [1.54, 1.807) is 41.5 Å². The van der Waals surface area contributed by atoms with Crippen LogP contribution in [0, 0.1) is 43.3 Å². The molecule has 0 N–H and O–H groups in total. The second kappa shape index (κ2) is 63.1. The molecule has 0 aliphatic rings. The van der Waals surface area contributed by atoms with Crippen molar-refractivity contribution in [1.82, 2.24) is 19.6 Å². The van der Waals surface area contributed by atoms with E-state index in [0.29, 0.717) is 61.6 Å². The summed E-state index contributed by atoms with van der Waals surface area (Å²) >= 11 is 0. The van der Waals surface area contributed by atoms with E-state index in [-0.39, 0.29) is 15.6 Å². The van der Waals surface area contributed by atoms with Crippen LogP contribution in [0.1, 0.15) is 562 Å². The van der Waals surface area contributed by atoms with Gasteiger partial charge in [-0.2, -0.15) is 10.2 Å². The van der Waals surface area contributed by atoms with Crippen molar-refractivity contribution < 1.29 is 25.8 Å². The second-order valence-electron chi connectivity index (χ2n) is 51.2. The van der Waals surface area contributed by atoms with Gasteiger partial charge in [0.15, 0.2) is 19.7 Å². The molecule has 2 aromatic heterocycles. The summed E-state index contributed by atoms with van der Waals surface area (Å²) in [5.74, 6) is 5.81. The molecule has 0 spiro atoms. The molecular weight excluding hydrogens is 1560 g/mol. The maximum atomic E-state index is 12.4. The number of ketones is 1. The van der Waals surface area contributed by atoms with E-state index < -0.39 is 38.7 Å². The van der Waals surface area contributed by atoms with Gasteiger partial charge in [-0.05, 0) is 222 Å². The molecule has 2 rings (SSSR count). The lowest BCUT2D eigenvalue weighted by Crippen LogP contribution is -2.30. The van der Waals surface area contributed by atoms with Gasteiger partial charge in [0.25, 0.3) is 0 Å². The summed E-state index contributed by atoms with van der Waals surface area (Å²) in [5.41, 5.74) is 6.35. The number of hydrogen-bond acceptors (Lipinski definition) is 8. The van der Waals surface area contributed by atoms with Crippen molar-refractivity contribution in [3.63, 3.8) is 0 Å². The Kier molecular flexibility index (Phi) is 65.4. The molecule has 0 radical (unpaired) electrons. The highest BCUT2D eigenvalue weighted by Crippen LogP contribution is 2.31. The number of hydrogen-bond donors (Lipinski definition) is 0. The maximum Gasteiger partial charge on any atom is 0.155 e. The van der Waals surface area contributed by atoms with Gasteiger partial charge in [0.2, 0.25) is 0 Å². The van der Waals surface area contributed by atoms with Gasteiger partial charge < -0.3 is 0 Å². The number of nitrogens with zero attached hydrogens (tertiary/aromatic N) is 4. The summed E-state index contributed by atoms with van der Waals surface area (Å²) < 4.78 is 63.0. The van der Waals surface area contributed by atoms with Gasteiger partial charge in [-0.15, -0.1) is 0 Å². The van der Waals surface area contributed by atoms with Crippen molar-refractivity contribution in [2.45, 2.75) is 590 Å². The van der Waals surface area contributed by atoms with Crippen molar-refractivity contribution in [2.75, 3.05) is 17.3 Å². The van der Waals surface area contributed by atoms with Crippen LogP contribution in [0.5, 0.6) is 0 Å². The summed E-state index contributed by atoms with van der Waals surface area (Å²) in [6.07, 6.45) is 66.3. The Morgan fingerprint density at radius 1 is 0.303 bits per heavy atom. The van der Waals surface area contributed by atoms with E-state index in [2.05, 4.69) is 225 Å². The topological polar surface area (TPSA) is 138 Å². The van der Waals surface area contributed by atoms with E-state index in [1.165, 1.54) is 242 Å². The molecule has 0 bridgehead atoms. The van der Waals surface area contributed by atoms with Crippen LogP contribution in [0.2, 0.25) is 0 Å². The number of aromatic nitrogens is 4. The first-order chi connectivity index (χ1) is 55.3. The first kappa shape index (κ1) is 126. The Morgan fingerprint density at radius 2 is 0.566 bits per heavy atom. The smallest absolute Gasteiger partial charge is 0.155 e. The largest absolute Gasteiger partial charge is 0.300 e. The lowest BCUT2D eigenvalue weighted by Gasteiger charge is -2.24. The monoisotopic (exact) mass is 1780 g/mol. The maximum absolute atomic E-state index is 12.4. The Labute approximate surface area is 767 Å². The third kappa shape index (κ3) is 84.8. The predicted molar refractivity (Wildman–Crippen MR) is 551 cm³/mol. The molecule has 122 heavy (non-hydrogen) atoms. The van der Waals surface area contributed by atoms with Crippen LogP contribution in [0.15, 0.2) is 24.7 Å². The normalized spacial score (nSPS) is 13.6. The van der Waals surface area contributed by atoms with Crippen molar-refractivity contribution in [2.24, 2.45) is 43.3 Å².